The monoisotopic (exact) mass is 540 g/mol. The lowest BCUT2D eigenvalue weighted by Gasteiger charge is -2.36. The summed E-state index contributed by atoms with van der Waals surface area (Å²) in [6.45, 7) is 0. The van der Waals surface area contributed by atoms with Gasteiger partial charge < -0.3 is 0 Å². The molecule has 0 aromatic heterocycles. The van der Waals surface area contributed by atoms with E-state index in [1.807, 2.05) is 0 Å². The van der Waals surface area contributed by atoms with E-state index in [2.05, 4.69) is 4.72 Å². The van der Waals surface area contributed by atoms with Gasteiger partial charge in [0.25, 0.3) is 10.2 Å². The summed E-state index contributed by atoms with van der Waals surface area (Å²) in [4.78, 5) is 13.1. The van der Waals surface area contributed by atoms with E-state index in [1.165, 1.54) is 31.3 Å². The normalized spacial score (nSPS) is 20.3. The van der Waals surface area contributed by atoms with Crippen molar-refractivity contribution >= 4 is 27.6 Å². The van der Waals surface area contributed by atoms with Gasteiger partial charge in [0.05, 0.1) is 16.6 Å². The van der Waals surface area contributed by atoms with Gasteiger partial charge in [-0.05, 0) is 59.0 Å². The van der Waals surface area contributed by atoms with Crippen LogP contribution in [0.25, 0.3) is 11.1 Å². The fourth-order valence-electron chi connectivity index (χ4n) is 4.17. The molecule has 4 rings (SSSR count). The van der Waals surface area contributed by atoms with Crippen molar-refractivity contribution in [3.8, 4) is 11.1 Å². The molecular formula is C25H21ClF4N2O3S. The van der Waals surface area contributed by atoms with Crippen LogP contribution in [0, 0.1) is 5.82 Å². The Hall–Kier alpha value is -2.79. The lowest BCUT2D eigenvalue weighted by Crippen LogP contribution is -2.55. The van der Waals surface area contributed by atoms with Crippen LogP contribution in [-0.2, 0) is 27.6 Å². The second kappa shape index (κ2) is 9.93. The zero-order valence-electron chi connectivity index (χ0n) is 18.9. The number of likely N-dealkylation sites (N-methyl/N-ethyl adjacent to an activating group) is 1. The van der Waals surface area contributed by atoms with Crippen molar-refractivity contribution in [2.75, 3.05) is 7.05 Å². The maximum atomic E-state index is 13.5. The second-order valence-corrected chi connectivity index (χ2v) is 10.7. The molecule has 1 aliphatic rings. The number of carbonyl (C=O) groups is 1. The Bertz CT molecular complexity index is 1410. The number of Topliss-reactive ketones (excluding diaryl/α,β-unsaturated/α-hetero) is 1. The summed E-state index contributed by atoms with van der Waals surface area (Å²) in [6, 6.07) is 13.4. The highest BCUT2D eigenvalue weighted by Crippen LogP contribution is 2.34. The van der Waals surface area contributed by atoms with Crippen LogP contribution in [0.1, 0.15) is 29.2 Å². The molecule has 11 heteroatoms. The van der Waals surface area contributed by atoms with Gasteiger partial charge in [-0.2, -0.15) is 30.6 Å². The maximum Gasteiger partial charge on any atom is 0.416 e. The van der Waals surface area contributed by atoms with Crippen LogP contribution in [0.2, 0.25) is 5.02 Å². The average Bonchev–Trinajstić information content (AvgIpc) is 2.82. The summed E-state index contributed by atoms with van der Waals surface area (Å²) in [7, 11) is -2.75. The van der Waals surface area contributed by atoms with Crippen molar-refractivity contribution in [1.29, 1.82) is 0 Å². The van der Waals surface area contributed by atoms with E-state index in [9.17, 15) is 30.8 Å². The number of halogens is 5. The number of carbonyl (C=O) groups excluding carboxylic acids is 1. The third-order valence-corrected chi connectivity index (χ3v) is 8.00. The number of hydrogen-bond donors (Lipinski definition) is 1. The Morgan fingerprint density at radius 1 is 1.06 bits per heavy atom. The van der Waals surface area contributed by atoms with Crippen molar-refractivity contribution in [1.82, 2.24) is 9.03 Å². The highest BCUT2D eigenvalue weighted by atomic mass is 35.5. The van der Waals surface area contributed by atoms with Crippen molar-refractivity contribution in [2.45, 2.75) is 31.1 Å². The zero-order chi connectivity index (χ0) is 26.3. The second-order valence-electron chi connectivity index (χ2n) is 8.54. The molecular weight excluding hydrogens is 520 g/mol. The molecule has 0 amide bonds. The minimum Gasteiger partial charge on any atom is -0.298 e. The molecule has 0 bridgehead atoms. The molecule has 0 saturated carbocycles. The first kappa shape index (κ1) is 26.3. The van der Waals surface area contributed by atoms with E-state index in [1.54, 1.807) is 24.3 Å². The van der Waals surface area contributed by atoms with Crippen molar-refractivity contribution < 1.29 is 30.8 Å². The standard InChI is InChI=1S/C25H21ClF4N2O3S/c1-32-23(24(33)11-15-8-9-21(27)20(26)10-15)14-22(31-36(32,34)35)18-6-2-4-16(12-18)17-5-3-7-19(13-17)25(28,29)30/h2-10,12-13,22-23,31H,11,14H2,1H3/t22-,23+/m0/s1. The van der Waals surface area contributed by atoms with Gasteiger partial charge in [0, 0.05) is 19.5 Å². The molecule has 1 fully saturated rings. The molecule has 1 saturated heterocycles. The first-order chi connectivity index (χ1) is 16.8. The van der Waals surface area contributed by atoms with E-state index in [4.69, 9.17) is 11.6 Å². The van der Waals surface area contributed by atoms with Gasteiger partial charge in [-0.3, -0.25) is 4.79 Å². The Labute approximate surface area is 210 Å². The molecule has 190 valence electrons. The molecule has 3 aromatic carbocycles. The van der Waals surface area contributed by atoms with Crippen LogP contribution >= 0.6 is 11.6 Å². The fraction of sp³-hybridized carbons (Fsp3) is 0.240. The van der Waals surface area contributed by atoms with Gasteiger partial charge >= 0.3 is 6.18 Å². The van der Waals surface area contributed by atoms with E-state index < -0.39 is 45.6 Å². The van der Waals surface area contributed by atoms with Crippen LogP contribution in [0.15, 0.2) is 66.7 Å². The molecule has 3 aromatic rings. The summed E-state index contributed by atoms with van der Waals surface area (Å²) in [5, 5.41) is -0.143. The first-order valence-corrected chi connectivity index (χ1v) is 12.7. The highest BCUT2D eigenvalue weighted by Gasteiger charge is 2.40. The van der Waals surface area contributed by atoms with Crippen LogP contribution in [0.4, 0.5) is 17.6 Å². The number of hydrogen-bond acceptors (Lipinski definition) is 3. The molecule has 1 N–H and O–H groups in total. The number of nitrogens with one attached hydrogen (secondary N) is 1. The molecule has 2 atom stereocenters. The van der Waals surface area contributed by atoms with E-state index >= 15 is 0 Å². The number of alkyl halides is 3. The Kier molecular flexibility index (Phi) is 7.25. The van der Waals surface area contributed by atoms with E-state index in [0.717, 1.165) is 22.5 Å². The molecule has 5 nitrogen and oxygen atoms in total. The highest BCUT2D eigenvalue weighted by molar-refractivity contribution is 7.87. The Morgan fingerprint density at radius 2 is 1.72 bits per heavy atom. The van der Waals surface area contributed by atoms with Gasteiger partial charge in [-0.25, -0.2) is 4.39 Å². The largest absolute Gasteiger partial charge is 0.416 e. The van der Waals surface area contributed by atoms with Gasteiger partial charge in [0.15, 0.2) is 5.78 Å². The lowest BCUT2D eigenvalue weighted by atomic mass is 9.92. The molecule has 0 radical (unpaired) electrons. The number of benzene rings is 3. The minimum absolute atomic E-state index is 0.0928. The molecule has 1 heterocycles. The SMILES string of the molecule is CN1[C@@H](C(=O)Cc2ccc(F)c(Cl)c2)C[C@@H](c2cccc(-c3cccc(C(F)(F)F)c3)c2)NS1(=O)=O. The predicted octanol–water partition coefficient (Wildman–Crippen LogP) is 5.56. The smallest absolute Gasteiger partial charge is 0.298 e. The number of rotatable bonds is 5. The third kappa shape index (κ3) is 5.62. The van der Waals surface area contributed by atoms with Crippen LogP contribution in [0.5, 0.6) is 0 Å². The topological polar surface area (TPSA) is 66.5 Å². The molecule has 0 spiro atoms. The van der Waals surface area contributed by atoms with Gasteiger partial charge in [-0.1, -0.05) is 48.0 Å². The molecule has 1 aliphatic heterocycles. The average molecular weight is 541 g/mol. The third-order valence-electron chi connectivity index (χ3n) is 6.11. The molecule has 36 heavy (non-hydrogen) atoms. The lowest BCUT2D eigenvalue weighted by molar-refractivity contribution is -0.137. The molecule has 0 unspecified atom stereocenters. The summed E-state index contributed by atoms with van der Waals surface area (Å²) in [6.07, 6.45) is -4.56. The predicted molar refractivity (Wildman–Crippen MR) is 128 cm³/mol. The van der Waals surface area contributed by atoms with E-state index in [-0.39, 0.29) is 17.9 Å². The quantitative estimate of drug-likeness (QED) is 0.431. The maximum absolute atomic E-state index is 13.5. The Balaban J connectivity index is 1.61. The van der Waals surface area contributed by atoms with Crippen molar-refractivity contribution in [3.05, 3.63) is 94.3 Å². The van der Waals surface area contributed by atoms with Crippen LogP contribution in [0.3, 0.4) is 0 Å². The summed E-state index contributed by atoms with van der Waals surface area (Å²) >= 11 is 5.80. The number of nitrogens with zero attached hydrogens (tertiary/aromatic N) is 1. The van der Waals surface area contributed by atoms with Gasteiger partial charge in [0.2, 0.25) is 0 Å². The number of ketones is 1. The van der Waals surface area contributed by atoms with Crippen molar-refractivity contribution in [2.24, 2.45) is 0 Å². The van der Waals surface area contributed by atoms with E-state index in [0.29, 0.717) is 22.3 Å². The molecule has 0 aliphatic carbocycles. The van der Waals surface area contributed by atoms with Gasteiger partial charge in [0.1, 0.15) is 5.82 Å². The summed E-state index contributed by atoms with van der Waals surface area (Å²) < 4.78 is 82.0. The summed E-state index contributed by atoms with van der Waals surface area (Å²) in [5.41, 5.74) is 0.948. The fourth-order valence-corrected chi connectivity index (χ4v) is 5.67. The van der Waals surface area contributed by atoms with Crippen LogP contribution < -0.4 is 4.72 Å². The van der Waals surface area contributed by atoms with Gasteiger partial charge in [-0.15, -0.1) is 0 Å². The van der Waals surface area contributed by atoms with Crippen molar-refractivity contribution in [3.63, 3.8) is 0 Å². The first-order valence-electron chi connectivity index (χ1n) is 10.8. The zero-order valence-corrected chi connectivity index (χ0v) is 20.5. The van der Waals surface area contributed by atoms with Crippen LogP contribution in [-0.4, -0.2) is 31.6 Å². The minimum atomic E-state index is -4.50. The summed E-state index contributed by atoms with van der Waals surface area (Å²) in [5.74, 6) is -1.03. The Morgan fingerprint density at radius 3 is 2.39 bits per heavy atom.